The van der Waals surface area contributed by atoms with Crippen molar-refractivity contribution in [2.45, 2.75) is 13.0 Å². The molecule has 1 aromatic carbocycles. The van der Waals surface area contributed by atoms with Crippen LogP contribution < -0.4 is 4.90 Å². The zero-order valence-corrected chi connectivity index (χ0v) is 14.1. The molecule has 0 bridgehead atoms. The average molecular weight is 319 g/mol. The van der Waals surface area contributed by atoms with Gasteiger partial charge in [0, 0.05) is 44.0 Å². The van der Waals surface area contributed by atoms with E-state index in [0.717, 1.165) is 25.5 Å². The van der Waals surface area contributed by atoms with Gasteiger partial charge in [-0.3, -0.25) is 4.90 Å². The van der Waals surface area contributed by atoms with E-state index in [-0.39, 0.29) is 0 Å². The summed E-state index contributed by atoms with van der Waals surface area (Å²) in [6, 6.07) is 11.3. The van der Waals surface area contributed by atoms with Crippen LogP contribution in [-0.2, 0) is 0 Å². The molecular weight excluding hydrogens is 298 g/mol. The van der Waals surface area contributed by atoms with Crippen LogP contribution in [0.5, 0.6) is 0 Å². The molecule has 0 radical (unpaired) electrons. The molecular formula is C19H21N5. The average Bonchev–Trinajstić information content (AvgIpc) is 3.12. The van der Waals surface area contributed by atoms with Crippen LogP contribution in [0, 0.1) is 30.1 Å². The van der Waals surface area contributed by atoms with Crippen LogP contribution in [0.1, 0.15) is 22.9 Å². The number of aromatic nitrogens is 2. The minimum absolute atomic E-state index is 0.429. The largest absolute Gasteiger partial charge is 0.354 e. The first-order valence-electron chi connectivity index (χ1n) is 8.41. The number of nitriles is 1. The van der Waals surface area contributed by atoms with Gasteiger partial charge >= 0.3 is 0 Å². The number of nitrogens with zero attached hydrogens (tertiary/aromatic N) is 5. The number of hydrogen-bond acceptors (Lipinski definition) is 5. The number of aryl methyl sites for hydroxylation is 1. The van der Waals surface area contributed by atoms with Crippen molar-refractivity contribution in [3.05, 3.63) is 53.5 Å². The molecule has 1 aromatic heterocycles. The minimum Gasteiger partial charge on any atom is -0.354 e. The quantitative estimate of drug-likeness (QED) is 0.851. The highest BCUT2D eigenvalue weighted by Gasteiger charge is 2.47. The van der Waals surface area contributed by atoms with Gasteiger partial charge in [-0.2, -0.15) is 5.26 Å². The molecule has 2 aliphatic heterocycles. The summed E-state index contributed by atoms with van der Waals surface area (Å²) in [5, 5.41) is 9.30. The monoisotopic (exact) mass is 319 g/mol. The first-order valence-corrected chi connectivity index (χ1v) is 8.41. The maximum Gasteiger partial charge on any atom is 0.183 e. The first kappa shape index (κ1) is 15.1. The van der Waals surface area contributed by atoms with Crippen molar-refractivity contribution in [3.8, 4) is 6.07 Å². The van der Waals surface area contributed by atoms with E-state index in [4.69, 9.17) is 0 Å². The summed E-state index contributed by atoms with van der Waals surface area (Å²) in [4.78, 5) is 13.3. The lowest BCUT2D eigenvalue weighted by Gasteiger charge is -2.28. The summed E-state index contributed by atoms with van der Waals surface area (Å²) in [6.45, 7) is 5.16. The smallest absolute Gasteiger partial charge is 0.183 e. The van der Waals surface area contributed by atoms with Gasteiger partial charge in [-0.15, -0.1) is 0 Å². The molecule has 0 spiro atoms. The third-order valence-corrected chi connectivity index (χ3v) is 5.49. The van der Waals surface area contributed by atoms with E-state index in [1.54, 1.807) is 12.4 Å². The lowest BCUT2D eigenvalue weighted by Crippen LogP contribution is -2.30. The summed E-state index contributed by atoms with van der Waals surface area (Å²) in [5.41, 5.74) is 3.21. The topological polar surface area (TPSA) is 56.1 Å². The van der Waals surface area contributed by atoms with E-state index in [0.29, 0.717) is 23.6 Å². The molecule has 4 rings (SSSR count). The summed E-state index contributed by atoms with van der Waals surface area (Å²) < 4.78 is 0. The van der Waals surface area contributed by atoms with Crippen LogP contribution in [-0.4, -0.2) is 41.5 Å². The Morgan fingerprint density at radius 1 is 1.12 bits per heavy atom. The molecule has 5 heteroatoms. The summed E-state index contributed by atoms with van der Waals surface area (Å²) in [6.07, 6.45) is 3.26. The van der Waals surface area contributed by atoms with Gasteiger partial charge in [-0.05, 0) is 31.0 Å². The van der Waals surface area contributed by atoms with Crippen molar-refractivity contribution >= 4 is 5.82 Å². The summed E-state index contributed by atoms with van der Waals surface area (Å²) in [5.74, 6) is 1.90. The predicted octanol–water partition coefficient (Wildman–Crippen LogP) is 2.40. The van der Waals surface area contributed by atoms with Crippen LogP contribution in [0.4, 0.5) is 5.82 Å². The molecule has 2 saturated heterocycles. The summed E-state index contributed by atoms with van der Waals surface area (Å²) in [7, 11) is 2.22. The molecule has 24 heavy (non-hydrogen) atoms. The van der Waals surface area contributed by atoms with Gasteiger partial charge in [-0.25, -0.2) is 9.97 Å². The van der Waals surface area contributed by atoms with Gasteiger partial charge in [0.2, 0.25) is 0 Å². The Hall–Kier alpha value is -2.45. The van der Waals surface area contributed by atoms with Crippen LogP contribution in [0.25, 0.3) is 0 Å². The maximum absolute atomic E-state index is 9.30. The molecule has 122 valence electrons. The molecule has 3 heterocycles. The third kappa shape index (κ3) is 2.35. The van der Waals surface area contributed by atoms with Crippen LogP contribution in [0.15, 0.2) is 36.7 Å². The molecule has 5 nitrogen and oxygen atoms in total. The normalized spacial score (nSPS) is 26.4. The van der Waals surface area contributed by atoms with Crippen LogP contribution in [0.2, 0.25) is 0 Å². The van der Waals surface area contributed by atoms with Gasteiger partial charge < -0.3 is 4.90 Å². The lowest BCUT2D eigenvalue weighted by molar-refractivity contribution is 0.279. The van der Waals surface area contributed by atoms with E-state index in [1.165, 1.54) is 11.1 Å². The van der Waals surface area contributed by atoms with Gasteiger partial charge in [0.25, 0.3) is 0 Å². The molecule has 0 saturated carbocycles. The second-order valence-electron chi connectivity index (χ2n) is 6.91. The Balaban J connectivity index is 1.64. The van der Waals surface area contributed by atoms with Crippen molar-refractivity contribution in [2.75, 3.05) is 31.6 Å². The third-order valence-electron chi connectivity index (χ3n) is 5.49. The van der Waals surface area contributed by atoms with Crippen molar-refractivity contribution < 1.29 is 0 Å². The molecule has 0 amide bonds. The second kappa shape index (κ2) is 5.88. The minimum atomic E-state index is 0.429. The molecule has 0 aliphatic carbocycles. The molecule has 2 aliphatic rings. The number of hydrogen-bond donors (Lipinski definition) is 0. The SMILES string of the molecule is Cc1ccccc1[C@H]1[C@@H]2CN(c3nccnc3C#N)C[C@@H]2CN1C. The number of likely N-dealkylation sites (tertiary alicyclic amines) is 1. The van der Waals surface area contributed by atoms with E-state index in [9.17, 15) is 5.26 Å². The zero-order valence-electron chi connectivity index (χ0n) is 14.1. The molecule has 2 fully saturated rings. The van der Waals surface area contributed by atoms with Crippen molar-refractivity contribution in [1.29, 1.82) is 5.26 Å². The molecule has 3 atom stereocenters. The van der Waals surface area contributed by atoms with Crippen molar-refractivity contribution in [3.63, 3.8) is 0 Å². The Bertz CT molecular complexity index is 796. The van der Waals surface area contributed by atoms with Gasteiger partial charge in [-0.1, -0.05) is 24.3 Å². The molecule has 2 aromatic rings. The highest BCUT2D eigenvalue weighted by molar-refractivity contribution is 5.51. The first-order chi connectivity index (χ1) is 11.7. The van der Waals surface area contributed by atoms with Gasteiger partial charge in [0.05, 0.1) is 0 Å². The second-order valence-corrected chi connectivity index (χ2v) is 6.91. The standard InChI is InChI=1S/C19H21N5/c1-13-5-3-4-6-15(13)18-16-12-24(11-14(16)10-23(18)2)19-17(9-20)21-7-8-22-19/h3-8,14,16,18H,10-12H2,1-2H3/t14-,16+,18-/m0/s1. The van der Waals surface area contributed by atoms with Crippen LogP contribution in [0.3, 0.4) is 0 Å². The van der Waals surface area contributed by atoms with Crippen molar-refractivity contribution in [1.82, 2.24) is 14.9 Å². The fraction of sp³-hybridized carbons (Fsp3) is 0.421. The number of fused-ring (bicyclic) bond motifs is 1. The predicted molar refractivity (Wildman–Crippen MR) is 92.5 cm³/mol. The Kier molecular flexibility index (Phi) is 3.70. The van der Waals surface area contributed by atoms with Crippen LogP contribution >= 0.6 is 0 Å². The fourth-order valence-corrected chi connectivity index (χ4v) is 4.46. The van der Waals surface area contributed by atoms with Crippen molar-refractivity contribution in [2.24, 2.45) is 11.8 Å². The van der Waals surface area contributed by atoms with E-state index in [2.05, 4.69) is 64.1 Å². The Morgan fingerprint density at radius 2 is 1.92 bits per heavy atom. The van der Waals surface area contributed by atoms with Gasteiger partial charge in [0.15, 0.2) is 11.5 Å². The number of rotatable bonds is 2. The van der Waals surface area contributed by atoms with E-state index in [1.807, 2.05) is 0 Å². The van der Waals surface area contributed by atoms with E-state index >= 15 is 0 Å². The Labute approximate surface area is 142 Å². The Morgan fingerprint density at radius 3 is 2.71 bits per heavy atom. The highest BCUT2D eigenvalue weighted by atomic mass is 15.3. The maximum atomic E-state index is 9.30. The lowest BCUT2D eigenvalue weighted by atomic mass is 9.88. The van der Waals surface area contributed by atoms with E-state index < -0.39 is 0 Å². The molecule has 0 N–H and O–H groups in total. The van der Waals surface area contributed by atoms with Gasteiger partial charge in [0.1, 0.15) is 6.07 Å². The number of anilines is 1. The molecule has 0 unspecified atom stereocenters. The fourth-order valence-electron chi connectivity index (χ4n) is 4.46. The zero-order chi connectivity index (χ0) is 16.7. The number of benzene rings is 1. The highest BCUT2D eigenvalue weighted by Crippen LogP contribution is 2.45. The summed E-state index contributed by atoms with van der Waals surface area (Å²) >= 11 is 0.